The Kier molecular flexibility index (Phi) is 18.8. The molecule has 0 fully saturated rings. The minimum absolute atomic E-state index is 0.0382. The lowest BCUT2D eigenvalue weighted by atomic mass is 10.3. The Morgan fingerprint density at radius 2 is 1.00 bits per heavy atom. The normalized spacial score (nSPS) is 11.7. The lowest BCUT2D eigenvalue weighted by Gasteiger charge is -2.16. The van der Waals surface area contributed by atoms with Crippen LogP contribution in [-0.4, -0.2) is 82.4 Å². The molecular weight excluding hydrogens is 496 g/mol. The van der Waals surface area contributed by atoms with Crippen LogP contribution >= 0.6 is 0 Å². The fourth-order valence-corrected chi connectivity index (χ4v) is 6.79. The van der Waals surface area contributed by atoms with Crippen molar-refractivity contribution in [3.8, 4) is 0 Å². The van der Waals surface area contributed by atoms with E-state index in [2.05, 4.69) is 21.3 Å². The zero-order valence-corrected chi connectivity index (χ0v) is 25.2. The lowest BCUT2D eigenvalue weighted by Crippen LogP contribution is -2.31. The van der Waals surface area contributed by atoms with Crippen LogP contribution in [0.15, 0.2) is 24.3 Å². The van der Waals surface area contributed by atoms with E-state index >= 15 is 0 Å². The molecule has 36 heavy (non-hydrogen) atoms. The van der Waals surface area contributed by atoms with Crippen LogP contribution in [0.4, 0.5) is 21.0 Å². The molecule has 0 radical (unpaired) electrons. The smallest absolute Gasteiger partial charge is 0.319 e. The van der Waals surface area contributed by atoms with E-state index in [1.54, 1.807) is 24.3 Å². The van der Waals surface area contributed by atoms with Crippen molar-refractivity contribution in [3.05, 3.63) is 24.3 Å². The number of amides is 4. The van der Waals surface area contributed by atoms with Crippen LogP contribution in [0.3, 0.4) is 0 Å². The Morgan fingerprint density at radius 3 is 1.31 bits per heavy atom. The molecule has 206 valence electrons. The van der Waals surface area contributed by atoms with E-state index in [9.17, 15) is 9.59 Å². The summed E-state index contributed by atoms with van der Waals surface area (Å²) < 4.78 is 22.3. The fraction of sp³-hybridized carbons (Fsp3) is 0.667. The van der Waals surface area contributed by atoms with Crippen LogP contribution in [0, 0.1) is 0 Å². The molecule has 0 spiro atoms. The van der Waals surface area contributed by atoms with Crippen LogP contribution in [0.1, 0.15) is 40.5 Å². The summed E-state index contributed by atoms with van der Waals surface area (Å²) in [5.41, 5.74) is 1.31. The molecule has 0 bridgehead atoms. The number of hydrogen-bond donors (Lipinski definition) is 4. The molecule has 4 N–H and O–H groups in total. The number of urea groups is 2. The Balaban J connectivity index is 2.20. The van der Waals surface area contributed by atoms with Gasteiger partial charge in [0.2, 0.25) is 0 Å². The van der Waals surface area contributed by atoms with Crippen molar-refractivity contribution in [2.75, 3.05) is 50.2 Å². The topological polar surface area (TPSA) is 119 Å². The quantitative estimate of drug-likeness (QED) is 0.114. The van der Waals surface area contributed by atoms with Crippen molar-refractivity contribution in [1.29, 1.82) is 0 Å². The second kappa shape index (κ2) is 21.2. The number of carbonyl (C=O) groups is 2. The molecule has 1 rings (SSSR count). The van der Waals surface area contributed by atoms with Crippen LogP contribution in [0.25, 0.3) is 0 Å². The maximum absolute atomic E-state index is 12.1. The maximum Gasteiger partial charge on any atom is 0.319 e. The standard InChI is InChI=1S/C24H46N4O6Si2/c1-5-31-23(32-6-2)35-17-9-15-25-21(29)27-19-11-13-20(14-12-19)28-22(30)26-16-10-18-36-24(33-7-3)34-8-4/h11-14,23-24H,5-10,15-18,35-36H2,1-4H3,(H2,25,27,29)(H2,26,28,30). The van der Waals surface area contributed by atoms with Crippen molar-refractivity contribution in [2.45, 2.75) is 64.5 Å². The van der Waals surface area contributed by atoms with E-state index < -0.39 is 19.0 Å². The average molecular weight is 543 g/mol. The number of hydrogen-bond acceptors (Lipinski definition) is 6. The van der Waals surface area contributed by atoms with Crippen molar-refractivity contribution in [2.24, 2.45) is 0 Å². The summed E-state index contributed by atoms with van der Waals surface area (Å²) in [5, 5.41) is 11.3. The van der Waals surface area contributed by atoms with E-state index in [1.807, 2.05) is 27.7 Å². The zero-order valence-electron chi connectivity index (χ0n) is 22.4. The Bertz CT molecular complexity index is 643. The van der Waals surface area contributed by atoms with Gasteiger partial charge in [0.15, 0.2) is 0 Å². The Hall–Kier alpha value is -1.97. The zero-order chi connectivity index (χ0) is 26.4. The summed E-state index contributed by atoms with van der Waals surface area (Å²) in [7, 11) is -0.986. The van der Waals surface area contributed by atoms with Crippen LogP contribution in [-0.2, 0) is 18.9 Å². The molecule has 1 aromatic carbocycles. The summed E-state index contributed by atoms with van der Waals surface area (Å²) in [5.74, 6) is -0.0764. The molecule has 0 aliphatic carbocycles. The molecule has 0 heterocycles. The predicted octanol–water partition coefficient (Wildman–Crippen LogP) is 2.60. The second-order valence-corrected chi connectivity index (χ2v) is 11.9. The predicted molar refractivity (Wildman–Crippen MR) is 151 cm³/mol. The summed E-state index contributed by atoms with van der Waals surface area (Å²) in [6.45, 7) is 11.7. The molecule has 0 aliphatic rings. The highest BCUT2D eigenvalue weighted by Gasteiger charge is 2.09. The summed E-state index contributed by atoms with van der Waals surface area (Å²) in [4.78, 5) is 24.2. The van der Waals surface area contributed by atoms with E-state index in [4.69, 9.17) is 18.9 Å². The van der Waals surface area contributed by atoms with E-state index in [0.29, 0.717) is 50.9 Å². The molecule has 12 heteroatoms. The van der Waals surface area contributed by atoms with Crippen LogP contribution in [0.5, 0.6) is 0 Å². The van der Waals surface area contributed by atoms with Crippen molar-refractivity contribution in [3.63, 3.8) is 0 Å². The van der Waals surface area contributed by atoms with E-state index in [0.717, 1.165) is 24.9 Å². The average Bonchev–Trinajstić information content (AvgIpc) is 2.85. The Labute approximate surface area is 220 Å². The number of nitrogens with one attached hydrogen (secondary N) is 4. The van der Waals surface area contributed by atoms with E-state index in [-0.39, 0.29) is 23.9 Å². The van der Waals surface area contributed by atoms with Crippen molar-refractivity contribution in [1.82, 2.24) is 10.6 Å². The van der Waals surface area contributed by atoms with Crippen LogP contribution in [0.2, 0.25) is 12.1 Å². The van der Waals surface area contributed by atoms with Gasteiger partial charge in [0.25, 0.3) is 0 Å². The van der Waals surface area contributed by atoms with Gasteiger partial charge in [0, 0.05) is 50.9 Å². The van der Waals surface area contributed by atoms with E-state index in [1.165, 1.54) is 0 Å². The van der Waals surface area contributed by atoms with Gasteiger partial charge < -0.3 is 40.2 Å². The van der Waals surface area contributed by atoms with Gasteiger partial charge in [-0.25, -0.2) is 9.59 Å². The summed E-state index contributed by atoms with van der Waals surface area (Å²) in [6, 6.07) is 8.59. The van der Waals surface area contributed by atoms with Gasteiger partial charge in [-0.1, -0.05) is 12.1 Å². The number of benzene rings is 1. The third-order valence-corrected chi connectivity index (χ3v) is 8.82. The van der Waals surface area contributed by atoms with Gasteiger partial charge >= 0.3 is 12.1 Å². The van der Waals surface area contributed by atoms with Gasteiger partial charge in [0.1, 0.15) is 11.8 Å². The van der Waals surface area contributed by atoms with Gasteiger partial charge in [-0.3, -0.25) is 0 Å². The minimum atomic E-state index is -0.493. The summed E-state index contributed by atoms with van der Waals surface area (Å²) in [6.07, 6.45) is 1.80. The van der Waals surface area contributed by atoms with Gasteiger partial charge in [0.05, 0.1) is 19.0 Å². The first kappa shape index (κ1) is 32.1. The van der Waals surface area contributed by atoms with Crippen molar-refractivity contribution >= 4 is 42.5 Å². The molecule has 4 amide bonds. The first-order valence-corrected chi connectivity index (χ1v) is 16.8. The van der Waals surface area contributed by atoms with Crippen LogP contribution < -0.4 is 21.3 Å². The molecule has 0 aliphatic heterocycles. The lowest BCUT2D eigenvalue weighted by molar-refractivity contribution is -0.0830. The molecule has 0 aromatic heterocycles. The fourth-order valence-electron chi connectivity index (χ4n) is 3.44. The van der Waals surface area contributed by atoms with Gasteiger partial charge in [-0.05, 0) is 64.8 Å². The molecule has 1 aromatic rings. The molecule has 10 nitrogen and oxygen atoms in total. The number of rotatable bonds is 20. The number of ether oxygens (including phenoxy) is 4. The molecule has 0 saturated carbocycles. The first-order chi connectivity index (χ1) is 17.5. The summed E-state index contributed by atoms with van der Waals surface area (Å²) >= 11 is 0. The molecule has 0 unspecified atom stereocenters. The number of anilines is 2. The highest BCUT2D eigenvalue weighted by Crippen LogP contribution is 2.13. The molecule has 0 saturated heterocycles. The Morgan fingerprint density at radius 1 is 0.667 bits per heavy atom. The highest BCUT2D eigenvalue weighted by atomic mass is 28.2. The largest absolute Gasteiger partial charge is 0.357 e. The number of carbonyl (C=O) groups excluding carboxylic acids is 2. The minimum Gasteiger partial charge on any atom is -0.357 e. The third-order valence-electron chi connectivity index (χ3n) is 5.12. The molecular formula is C24H46N4O6Si2. The second-order valence-electron chi connectivity index (χ2n) is 8.01. The maximum atomic E-state index is 12.1. The third kappa shape index (κ3) is 15.9. The van der Waals surface area contributed by atoms with Gasteiger partial charge in [-0.15, -0.1) is 0 Å². The highest BCUT2D eigenvalue weighted by molar-refractivity contribution is 6.36. The van der Waals surface area contributed by atoms with Crippen molar-refractivity contribution < 1.29 is 28.5 Å². The SMILES string of the molecule is CCOC(OCC)[SiH2]CCCNC(=O)Nc1ccc(NC(=O)NCCC[SiH2]C(OCC)OCC)cc1. The molecule has 0 atom stereocenters. The first-order valence-electron chi connectivity index (χ1n) is 13.2. The monoisotopic (exact) mass is 542 g/mol. The van der Waals surface area contributed by atoms with Gasteiger partial charge in [-0.2, -0.15) is 0 Å².